The van der Waals surface area contributed by atoms with Crippen molar-refractivity contribution in [1.29, 1.82) is 0 Å². The van der Waals surface area contributed by atoms with Crippen LogP contribution in [-0.2, 0) is 4.74 Å². The fourth-order valence-corrected chi connectivity index (χ4v) is 2.74. The Hall–Kier alpha value is -1.66. The van der Waals surface area contributed by atoms with Gasteiger partial charge in [0.15, 0.2) is 5.96 Å². The number of benzene rings is 1. The maximum absolute atomic E-state index is 13.2. The minimum Gasteiger partial charge on any atom is -0.379 e. The Labute approximate surface area is 144 Å². The molecule has 0 amide bonds. The van der Waals surface area contributed by atoms with Crippen LogP contribution in [0.25, 0.3) is 0 Å². The average molecular weight is 336 g/mol. The molecule has 0 aliphatic carbocycles. The van der Waals surface area contributed by atoms with E-state index in [0.717, 1.165) is 31.6 Å². The first-order valence-electron chi connectivity index (χ1n) is 8.67. The second-order valence-corrected chi connectivity index (χ2v) is 6.55. The van der Waals surface area contributed by atoms with Crippen molar-refractivity contribution in [1.82, 2.24) is 10.2 Å². The van der Waals surface area contributed by atoms with Crippen molar-refractivity contribution in [3.8, 4) is 0 Å². The molecule has 1 fully saturated rings. The Balaban J connectivity index is 2.01. The highest BCUT2D eigenvalue weighted by Crippen LogP contribution is 2.22. The lowest BCUT2D eigenvalue weighted by atomic mass is 10.0. The number of nitrogens with one attached hydrogen (secondary N) is 1. The van der Waals surface area contributed by atoms with E-state index >= 15 is 0 Å². The van der Waals surface area contributed by atoms with E-state index in [0.29, 0.717) is 31.6 Å². The number of guanidine groups is 1. The van der Waals surface area contributed by atoms with E-state index in [9.17, 15) is 4.39 Å². The van der Waals surface area contributed by atoms with Gasteiger partial charge >= 0.3 is 0 Å². The molecular weight excluding hydrogens is 307 g/mol. The third-order valence-corrected chi connectivity index (χ3v) is 4.20. The van der Waals surface area contributed by atoms with Crippen LogP contribution in [-0.4, -0.2) is 50.3 Å². The van der Waals surface area contributed by atoms with Gasteiger partial charge in [0.25, 0.3) is 0 Å². The van der Waals surface area contributed by atoms with Crippen molar-refractivity contribution in [3.05, 3.63) is 35.6 Å². The molecule has 3 N–H and O–H groups in total. The minimum absolute atomic E-state index is 0.0833. The molecule has 6 heteroatoms. The number of hydrogen-bond acceptors (Lipinski definition) is 3. The fraction of sp³-hybridized carbons (Fsp3) is 0.611. The zero-order chi connectivity index (χ0) is 17.4. The van der Waals surface area contributed by atoms with Gasteiger partial charge < -0.3 is 15.8 Å². The van der Waals surface area contributed by atoms with Crippen molar-refractivity contribution in [3.63, 3.8) is 0 Å². The first-order chi connectivity index (χ1) is 11.6. The van der Waals surface area contributed by atoms with Gasteiger partial charge in [0.05, 0.1) is 25.8 Å². The van der Waals surface area contributed by atoms with E-state index in [-0.39, 0.29) is 11.9 Å². The highest BCUT2D eigenvalue weighted by Gasteiger charge is 2.22. The Morgan fingerprint density at radius 1 is 1.29 bits per heavy atom. The number of nitrogens with zero attached hydrogens (tertiary/aromatic N) is 2. The number of ether oxygens (including phenoxy) is 1. The molecule has 1 aliphatic heterocycles. The number of rotatable bonds is 7. The van der Waals surface area contributed by atoms with E-state index in [2.05, 4.69) is 29.1 Å². The van der Waals surface area contributed by atoms with Gasteiger partial charge in [-0.05, 0) is 30.0 Å². The third kappa shape index (κ3) is 6.09. The first-order valence-corrected chi connectivity index (χ1v) is 8.67. The van der Waals surface area contributed by atoms with Gasteiger partial charge in [-0.25, -0.2) is 4.39 Å². The van der Waals surface area contributed by atoms with E-state index < -0.39 is 0 Å². The number of morpholine rings is 1. The van der Waals surface area contributed by atoms with Crippen LogP contribution in [0.2, 0.25) is 0 Å². The Kier molecular flexibility index (Phi) is 7.46. The molecule has 1 aromatic rings. The number of hydrogen-bond donors (Lipinski definition) is 2. The van der Waals surface area contributed by atoms with Crippen molar-refractivity contribution in [2.24, 2.45) is 16.6 Å². The fourth-order valence-electron chi connectivity index (χ4n) is 2.74. The summed E-state index contributed by atoms with van der Waals surface area (Å²) in [5.41, 5.74) is 7.03. The zero-order valence-corrected chi connectivity index (χ0v) is 14.7. The molecule has 1 aliphatic rings. The number of nitrogens with two attached hydrogens (primary N) is 1. The Morgan fingerprint density at radius 2 is 1.96 bits per heavy atom. The SMILES string of the molecule is CC(C)CCNC(N)=NCC(c1ccc(F)cc1)N1CCOCC1. The van der Waals surface area contributed by atoms with Crippen LogP contribution in [0.3, 0.4) is 0 Å². The van der Waals surface area contributed by atoms with Gasteiger partial charge in [0, 0.05) is 19.6 Å². The lowest BCUT2D eigenvalue weighted by molar-refractivity contribution is 0.0179. The van der Waals surface area contributed by atoms with Gasteiger partial charge in [-0.2, -0.15) is 0 Å². The van der Waals surface area contributed by atoms with Crippen LogP contribution < -0.4 is 11.1 Å². The maximum Gasteiger partial charge on any atom is 0.188 e. The van der Waals surface area contributed by atoms with Gasteiger partial charge in [-0.15, -0.1) is 0 Å². The predicted molar refractivity (Wildman–Crippen MR) is 95.5 cm³/mol. The maximum atomic E-state index is 13.2. The molecule has 134 valence electrons. The molecule has 1 heterocycles. The molecule has 2 rings (SSSR count). The Morgan fingerprint density at radius 3 is 2.58 bits per heavy atom. The molecule has 1 unspecified atom stereocenters. The van der Waals surface area contributed by atoms with Crippen molar-refractivity contribution in [2.45, 2.75) is 26.3 Å². The van der Waals surface area contributed by atoms with Crippen molar-refractivity contribution < 1.29 is 9.13 Å². The summed E-state index contributed by atoms with van der Waals surface area (Å²) in [5.74, 6) is 0.875. The molecule has 5 nitrogen and oxygen atoms in total. The molecule has 0 aromatic heterocycles. The monoisotopic (exact) mass is 336 g/mol. The Bertz CT molecular complexity index is 512. The molecule has 1 aromatic carbocycles. The van der Waals surface area contributed by atoms with Crippen LogP contribution in [0, 0.1) is 11.7 Å². The van der Waals surface area contributed by atoms with E-state index in [1.807, 2.05) is 12.1 Å². The molecule has 1 atom stereocenters. The molecule has 0 spiro atoms. The van der Waals surface area contributed by atoms with Crippen LogP contribution in [0.5, 0.6) is 0 Å². The summed E-state index contributed by atoms with van der Waals surface area (Å²) in [5, 5.41) is 3.16. The summed E-state index contributed by atoms with van der Waals surface area (Å²) in [6.07, 6.45) is 1.06. The highest BCUT2D eigenvalue weighted by atomic mass is 19.1. The van der Waals surface area contributed by atoms with Crippen LogP contribution in [0.4, 0.5) is 4.39 Å². The van der Waals surface area contributed by atoms with Gasteiger partial charge in [-0.1, -0.05) is 26.0 Å². The summed E-state index contributed by atoms with van der Waals surface area (Å²) >= 11 is 0. The largest absolute Gasteiger partial charge is 0.379 e. The zero-order valence-electron chi connectivity index (χ0n) is 14.7. The summed E-state index contributed by atoms with van der Waals surface area (Å²) < 4.78 is 18.7. The standard InChI is InChI=1S/C18H29FN4O/c1-14(2)7-8-21-18(20)22-13-17(23-9-11-24-12-10-23)15-3-5-16(19)6-4-15/h3-6,14,17H,7-13H2,1-2H3,(H3,20,21,22). The molecule has 0 radical (unpaired) electrons. The minimum atomic E-state index is -0.224. The molecule has 1 saturated heterocycles. The molecular formula is C18H29FN4O. The van der Waals surface area contributed by atoms with Crippen LogP contribution in [0.15, 0.2) is 29.3 Å². The first kappa shape index (κ1) is 18.7. The van der Waals surface area contributed by atoms with E-state index in [1.54, 1.807) is 0 Å². The normalized spacial score (nSPS) is 17.9. The quantitative estimate of drug-likeness (QED) is 0.592. The average Bonchev–Trinajstić information content (AvgIpc) is 2.57. The number of aliphatic imine (C=N–C) groups is 1. The predicted octanol–water partition coefficient (Wildman–Crippen LogP) is 2.15. The lowest BCUT2D eigenvalue weighted by Gasteiger charge is -2.34. The van der Waals surface area contributed by atoms with Crippen LogP contribution in [0.1, 0.15) is 31.9 Å². The smallest absolute Gasteiger partial charge is 0.188 e. The highest BCUT2D eigenvalue weighted by molar-refractivity contribution is 5.77. The van der Waals surface area contributed by atoms with E-state index in [4.69, 9.17) is 10.5 Å². The van der Waals surface area contributed by atoms with Crippen molar-refractivity contribution in [2.75, 3.05) is 39.4 Å². The summed E-state index contributed by atoms with van der Waals surface area (Å²) in [4.78, 5) is 6.82. The summed E-state index contributed by atoms with van der Waals surface area (Å²) in [7, 11) is 0. The number of halogens is 1. The van der Waals surface area contributed by atoms with Gasteiger partial charge in [0.2, 0.25) is 0 Å². The third-order valence-electron chi connectivity index (χ3n) is 4.20. The van der Waals surface area contributed by atoms with Crippen molar-refractivity contribution >= 4 is 5.96 Å². The second-order valence-electron chi connectivity index (χ2n) is 6.55. The lowest BCUT2D eigenvalue weighted by Crippen LogP contribution is -2.41. The molecule has 24 heavy (non-hydrogen) atoms. The van der Waals surface area contributed by atoms with Gasteiger partial charge in [0.1, 0.15) is 5.82 Å². The summed E-state index contributed by atoms with van der Waals surface area (Å²) in [6.45, 7) is 8.84. The van der Waals surface area contributed by atoms with E-state index in [1.165, 1.54) is 12.1 Å². The van der Waals surface area contributed by atoms with Crippen LogP contribution >= 0.6 is 0 Å². The second kappa shape index (κ2) is 9.59. The summed E-state index contributed by atoms with van der Waals surface area (Å²) in [6, 6.07) is 6.73. The molecule has 0 bridgehead atoms. The topological polar surface area (TPSA) is 62.9 Å². The molecule has 0 saturated carbocycles. The van der Waals surface area contributed by atoms with Gasteiger partial charge in [-0.3, -0.25) is 9.89 Å².